The van der Waals surface area contributed by atoms with Crippen LogP contribution in [0.4, 0.5) is 0 Å². The van der Waals surface area contributed by atoms with Crippen molar-refractivity contribution in [2.45, 2.75) is 64.0 Å². The van der Waals surface area contributed by atoms with Crippen LogP contribution in [0.1, 0.15) is 57.2 Å². The first kappa shape index (κ1) is 13.8. The first-order valence-electron chi connectivity index (χ1n) is 7.96. The number of ketones is 1. The van der Waals surface area contributed by atoms with Crippen LogP contribution >= 0.6 is 0 Å². The van der Waals surface area contributed by atoms with E-state index in [1.807, 2.05) is 12.3 Å². The molecule has 1 saturated carbocycles. The van der Waals surface area contributed by atoms with Crippen molar-refractivity contribution in [2.24, 2.45) is 5.92 Å². The van der Waals surface area contributed by atoms with Crippen molar-refractivity contribution >= 4 is 5.78 Å². The van der Waals surface area contributed by atoms with E-state index in [4.69, 9.17) is 4.74 Å². The Balaban J connectivity index is 1.61. The van der Waals surface area contributed by atoms with Crippen molar-refractivity contribution < 1.29 is 9.53 Å². The second-order valence-electron chi connectivity index (χ2n) is 6.08. The third-order valence-corrected chi connectivity index (χ3v) is 4.74. The number of hydrogen-bond donors (Lipinski definition) is 0. The normalized spacial score (nSPS) is 27.2. The van der Waals surface area contributed by atoms with Crippen molar-refractivity contribution in [3.05, 3.63) is 18.0 Å². The van der Waals surface area contributed by atoms with Crippen LogP contribution in [0.3, 0.4) is 0 Å². The standard InChI is InChI=1S/C16H24N2O2/c1-2-16-14(8-10-20-16)15(19)11-12-7-9-18(17-12)13-5-3-4-6-13/h7,9,13-14,16H,2-6,8,10-11H2,1H3. The second-order valence-corrected chi connectivity index (χ2v) is 6.08. The van der Waals surface area contributed by atoms with E-state index >= 15 is 0 Å². The van der Waals surface area contributed by atoms with E-state index in [9.17, 15) is 4.79 Å². The summed E-state index contributed by atoms with van der Waals surface area (Å²) in [6.07, 6.45) is 9.48. The number of Topliss-reactive ketones (excluding diaryl/α,β-unsaturated/α-hetero) is 1. The van der Waals surface area contributed by atoms with Crippen LogP contribution in [-0.4, -0.2) is 28.3 Å². The summed E-state index contributed by atoms with van der Waals surface area (Å²) in [4.78, 5) is 12.4. The summed E-state index contributed by atoms with van der Waals surface area (Å²) in [5.74, 6) is 0.377. The SMILES string of the molecule is CCC1OCCC1C(=O)Cc1ccn(C2CCCC2)n1. The molecular weight excluding hydrogens is 252 g/mol. The van der Waals surface area contributed by atoms with Crippen LogP contribution in [0.2, 0.25) is 0 Å². The van der Waals surface area contributed by atoms with E-state index in [1.54, 1.807) is 0 Å². The molecule has 110 valence electrons. The zero-order chi connectivity index (χ0) is 13.9. The van der Waals surface area contributed by atoms with Crippen LogP contribution < -0.4 is 0 Å². The molecule has 0 N–H and O–H groups in total. The molecule has 3 rings (SSSR count). The molecular formula is C16H24N2O2. The van der Waals surface area contributed by atoms with Gasteiger partial charge in [0.05, 0.1) is 24.3 Å². The molecule has 4 heteroatoms. The lowest BCUT2D eigenvalue weighted by molar-refractivity contribution is -0.123. The highest BCUT2D eigenvalue weighted by molar-refractivity contribution is 5.83. The number of hydrogen-bond acceptors (Lipinski definition) is 3. The van der Waals surface area contributed by atoms with Crippen LogP contribution in [0.15, 0.2) is 12.3 Å². The Morgan fingerprint density at radius 1 is 1.40 bits per heavy atom. The van der Waals surface area contributed by atoms with Gasteiger partial charge in [-0.3, -0.25) is 9.48 Å². The van der Waals surface area contributed by atoms with E-state index in [2.05, 4.69) is 16.7 Å². The Labute approximate surface area is 120 Å². The predicted molar refractivity (Wildman–Crippen MR) is 76.6 cm³/mol. The Kier molecular flexibility index (Phi) is 4.20. The molecule has 2 aliphatic rings. The van der Waals surface area contributed by atoms with E-state index in [0.29, 0.717) is 18.2 Å². The first-order chi connectivity index (χ1) is 9.78. The van der Waals surface area contributed by atoms with Gasteiger partial charge in [0.15, 0.2) is 0 Å². The molecule has 1 aromatic heterocycles. The highest BCUT2D eigenvalue weighted by Gasteiger charge is 2.32. The van der Waals surface area contributed by atoms with E-state index in [0.717, 1.165) is 25.1 Å². The number of nitrogens with zero attached hydrogens (tertiary/aromatic N) is 2. The van der Waals surface area contributed by atoms with E-state index in [-0.39, 0.29) is 12.0 Å². The zero-order valence-electron chi connectivity index (χ0n) is 12.3. The monoisotopic (exact) mass is 276 g/mol. The van der Waals surface area contributed by atoms with Gasteiger partial charge in [0.25, 0.3) is 0 Å². The van der Waals surface area contributed by atoms with E-state index in [1.165, 1.54) is 25.7 Å². The Morgan fingerprint density at radius 3 is 2.95 bits per heavy atom. The summed E-state index contributed by atoms with van der Waals surface area (Å²) in [6, 6.07) is 2.56. The molecule has 1 saturated heterocycles. The molecule has 2 unspecified atom stereocenters. The molecule has 0 amide bonds. The molecule has 1 aliphatic heterocycles. The van der Waals surface area contributed by atoms with Gasteiger partial charge in [-0.2, -0.15) is 5.10 Å². The first-order valence-corrected chi connectivity index (χ1v) is 7.96. The number of carbonyl (C=O) groups excluding carboxylic acids is 1. The fourth-order valence-electron chi connectivity index (χ4n) is 3.57. The molecule has 0 radical (unpaired) electrons. The minimum Gasteiger partial charge on any atom is -0.377 e. The summed E-state index contributed by atoms with van der Waals surface area (Å²) in [5.41, 5.74) is 0.920. The highest BCUT2D eigenvalue weighted by Crippen LogP contribution is 2.29. The van der Waals surface area contributed by atoms with Crippen molar-refractivity contribution in [3.8, 4) is 0 Å². The fraction of sp³-hybridized carbons (Fsp3) is 0.750. The second kappa shape index (κ2) is 6.08. The quantitative estimate of drug-likeness (QED) is 0.830. The van der Waals surface area contributed by atoms with Gasteiger partial charge in [0.1, 0.15) is 5.78 Å². The summed E-state index contributed by atoms with van der Waals surface area (Å²) in [6.45, 7) is 2.82. The maximum Gasteiger partial charge on any atom is 0.144 e. The third-order valence-electron chi connectivity index (χ3n) is 4.74. The van der Waals surface area contributed by atoms with Gasteiger partial charge in [-0.05, 0) is 31.7 Å². The van der Waals surface area contributed by atoms with Crippen LogP contribution in [0, 0.1) is 5.92 Å². The fourth-order valence-corrected chi connectivity index (χ4v) is 3.57. The van der Waals surface area contributed by atoms with Crippen LogP contribution in [0.25, 0.3) is 0 Å². The number of rotatable bonds is 5. The molecule has 0 aromatic carbocycles. The summed E-state index contributed by atoms with van der Waals surface area (Å²) < 4.78 is 7.68. The Bertz CT molecular complexity index is 463. The smallest absolute Gasteiger partial charge is 0.144 e. The topological polar surface area (TPSA) is 44.1 Å². The molecule has 0 bridgehead atoms. The molecule has 0 spiro atoms. The molecule has 2 heterocycles. The summed E-state index contributed by atoms with van der Waals surface area (Å²) in [5, 5.41) is 4.61. The lowest BCUT2D eigenvalue weighted by atomic mass is 9.92. The minimum absolute atomic E-state index is 0.0802. The van der Waals surface area contributed by atoms with Gasteiger partial charge in [-0.25, -0.2) is 0 Å². The number of ether oxygens (including phenoxy) is 1. The molecule has 4 nitrogen and oxygen atoms in total. The minimum atomic E-state index is 0.0802. The average Bonchev–Trinajstić information content (AvgIpc) is 3.19. The van der Waals surface area contributed by atoms with Crippen LogP contribution in [-0.2, 0) is 16.0 Å². The molecule has 2 fully saturated rings. The van der Waals surface area contributed by atoms with Crippen molar-refractivity contribution in [3.63, 3.8) is 0 Å². The average molecular weight is 276 g/mol. The number of carbonyl (C=O) groups is 1. The van der Waals surface area contributed by atoms with Crippen LogP contribution in [0.5, 0.6) is 0 Å². The maximum atomic E-state index is 12.4. The highest BCUT2D eigenvalue weighted by atomic mass is 16.5. The molecule has 2 atom stereocenters. The van der Waals surface area contributed by atoms with Gasteiger partial charge in [0, 0.05) is 18.7 Å². The van der Waals surface area contributed by atoms with Crippen molar-refractivity contribution in [2.75, 3.05) is 6.61 Å². The maximum absolute atomic E-state index is 12.4. The van der Waals surface area contributed by atoms with Gasteiger partial charge in [-0.15, -0.1) is 0 Å². The summed E-state index contributed by atoms with van der Waals surface area (Å²) in [7, 11) is 0. The zero-order valence-corrected chi connectivity index (χ0v) is 12.3. The van der Waals surface area contributed by atoms with Crippen molar-refractivity contribution in [1.82, 2.24) is 9.78 Å². The molecule has 20 heavy (non-hydrogen) atoms. The van der Waals surface area contributed by atoms with Gasteiger partial charge < -0.3 is 4.74 Å². The largest absolute Gasteiger partial charge is 0.377 e. The lowest BCUT2D eigenvalue weighted by Gasteiger charge is -2.14. The summed E-state index contributed by atoms with van der Waals surface area (Å²) >= 11 is 0. The Morgan fingerprint density at radius 2 is 2.20 bits per heavy atom. The molecule has 1 aliphatic carbocycles. The lowest BCUT2D eigenvalue weighted by Crippen LogP contribution is -2.25. The van der Waals surface area contributed by atoms with E-state index < -0.39 is 0 Å². The van der Waals surface area contributed by atoms with Gasteiger partial charge >= 0.3 is 0 Å². The predicted octanol–water partition coefficient (Wildman–Crippen LogP) is 2.92. The van der Waals surface area contributed by atoms with Gasteiger partial charge in [0.2, 0.25) is 0 Å². The number of aromatic nitrogens is 2. The Hall–Kier alpha value is -1.16. The van der Waals surface area contributed by atoms with Gasteiger partial charge in [-0.1, -0.05) is 19.8 Å². The molecule has 1 aromatic rings. The third kappa shape index (κ3) is 2.80. The van der Waals surface area contributed by atoms with Crippen molar-refractivity contribution in [1.29, 1.82) is 0 Å².